The number of hydrogen-bond donors (Lipinski definition) is 1. The number of thiazole rings is 1. The number of piperazine rings is 1. The maximum absolute atomic E-state index is 12.9. The third-order valence-corrected chi connectivity index (χ3v) is 5.82. The fraction of sp³-hybridized carbons (Fsp3) is 0.667. The van der Waals surface area contributed by atoms with Crippen LogP contribution in [-0.4, -0.2) is 33.3 Å². The van der Waals surface area contributed by atoms with Crippen LogP contribution in [0.2, 0.25) is 0 Å². The Hall–Kier alpha value is -1.43. The van der Waals surface area contributed by atoms with E-state index in [1.807, 2.05) is 10.3 Å². The Morgan fingerprint density at radius 1 is 1.33 bits per heavy atom. The van der Waals surface area contributed by atoms with Crippen molar-refractivity contribution in [2.24, 2.45) is 5.92 Å². The van der Waals surface area contributed by atoms with Crippen LogP contribution in [0.3, 0.4) is 0 Å². The van der Waals surface area contributed by atoms with Gasteiger partial charge in [-0.05, 0) is 31.6 Å². The highest BCUT2D eigenvalue weighted by molar-refractivity contribution is 7.09. The second kappa shape index (κ2) is 4.80. The summed E-state index contributed by atoms with van der Waals surface area (Å²) in [6.45, 7) is 0.479. The molecule has 1 aliphatic heterocycles. The van der Waals surface area contributed by atoms with Gasteiger partial charge in [0.2, 0.25) is 11.8 Å². The van der Waals surface area contributed by atoms with Crippen LogP contribution in [0.4, 0.5) is 0 Å². The molecular weight excluding hydrogens is 286 g/mol. The van der Waals surface area contributed by atoms with E-state index in [2.05, 4.69) is 10.3 Å². The minimum Gasteiger partial charge on any atom is -0.342 e. The number of rotatable bonds is 3. The average Bonchev–Trinajstić information content (AvgIpc) is 2.99. The number of nitrogens with zero attached hydrogens (tertiary/aromatic N) is 2. The van der Waals surface area contributed by atoms with Crippen LogP contribution >= 0.6 is 11.3 Å². The number of nitrogens with one attached hydrogen (secondary N) is 1. The van der Waals surface area contributed by atoms with E-state index in [-0.39, 0.29) is 17.9 Å². The minimum absolute atomic E-state index is 0.0630. The maximum Gasteiger partial charge on any atom is 0.246 e. The first-order valence-electron chi connectivity index (χ1n) is 7.71. The highest BCUT2D eigenvalue weighted by atomic mass is 32.1. The van der Waals surface area contributed by atoms with E-state index < -0.39 is 5.54 Å². The molecule has 1 saturated heterocycles. The van der Waals surface area contributed by atoms with Crippen molar-refractivity contribution in [3.8, 4) is 0 Å². The lowest BCUT2D eigenvalue weighted by Crippen LogP contribution is -2.69. The molecule has 1 aromatic rings. The van der Waals surface area contributed by atoms with Gasteiger partial charge in [-0.15, -0.1) is 11.3 Å². The first kappa shape index (κ1) is 13.2. The van der Waals surface area contributed by atoms with Crippen molar-refractivity contribution in [3.05, 3.63) is 16.6 Å². The fourth-order valence-electron chi connectivity index (χ4n) is 3.74. The molecule has 5 nitrogen and oxygen atoms in total. The van der Waals surface area contributed by atoms with Crippen molar-refractivity contribution in [1.82, 2.24) is 15.2 Å². The largest absolute Gasteiger partial charge is 0.342 e. The van der Waals surface area contributed by atoms with Gasteiger partial charge in [-0.25, -0.2) is 4.98 Å². The Kier molecular flexibility index (Phi) is 3.03. The minimum atomic E-state index is -0.617. The second-order valence-electron chi connectivity index (χ2n) is 6.38. The van der Waals surface area contributed by atoms with Gasteiger partial charge < -0.3 is 10.2 Å². The number of hydrogen-bond acceptors (Lipinski definition) is 4. The Morgan fingerprint density at radius 3 is 2.71 bits per heavy atom. The van der Waals surface area contributed by atoms with E-state index in [0.717, 1.165) is 43.5 Å². The van der Waals surface area contributed by atoms with Gasteiger partial charge in [-0.2, -0.15) is 0 Å². The van der Waals surface area contributed by atoms with Crippen LogP contribution in [-0.2, 0) is 16.1 Å². The molecule has 4 rings (SSSR count). The molecule has 21 heavy (non-hydrogen) atoms. The van der Waals surface area contributed by atoms with Gasteiger partial charge in [0.05, 0.1) is 6.54 Å². The normalized spacial score (nSPS) is 28.2. The molecular formula is C15H19N3O2S. The summed E-state index contributed by atoms with van der Waals surface area (Å²) in [5.74, 6) is 0.515. The van der Waals surface area contributed by atoms with E-state index in [0.29, 0.717) is 12.5 Å². The molecule has 2 amide bonds. The highest BCUT2D eigenvalue weighted by Gasteiger charge is 2.56. The van der Waals surface area contributed by atoms with Gasteiger partial charge in [0, 0.05) is 11.6 Å². The zero-order valence-corrected chi connectivity index (χ0v) is 12.7. The van der Waals surface area contributed by atoms with Crippen molar-refractivity contribution in [2.45, 2.75) is 56.7 Å². The Balaban J connectivity index is 1.68. The summed E-state index contributed by atoms with van der Waals surface area (Å²) in [5.41, 5.74) is -0.617. The average molecular weight is 305 g/mol. The fourth-order valence-corrected chi connectivity index (χ4v) is 4.34. The van der Waals surface area contributed by atoms with Crippen LogP contribution in [0, 0.1) is 5.92 Å². The number of aromatic nitrogens is 1. The van der Waals surface area contributed by atoms with Gasteiger partial charge in [-0.1, -0.05) is 12.8 Å². The van der Waals surface area contributed by atoms with E-state index in [9.17, 15) is 9.59 Å². The van der Waals surface area contributed by atoms with Crippen LogP contribution in [0.5, 0.6) is 0 Å². The van der Waals surface area contributed by atoms with Gasteiger partial charge in [0.1, 0.15) is 16.6 Å². The van der Waals surface area contributed by atoms with Crippen molar-refractivity contribution >= 4 is 23.2 Å². The molecule has 0 bridgehead atoms. The first-order valence-corrected chi connectivity index (χ1v) is 8.59. The van der Waals surface area contributed by atoms with Crippen LogP contribution in [0.25, 0.3) is 0 Å². The summed E-state index contributed by atoms with van der Waals surface area (Å²) in [5, 5.41) is 5.86. The molecule has 1 spiro atoms. The molecule has 1 unspecified atom stereocenters. The summed E-state index contributed by atoms with van der Waals surface area (Å²) in [7, 11) is 0. The smallest absolute Gasteiger partial charge is 0.246 e. The molecule has 2 saturated carbocycles. The summed E-state index contributed by atoms with van der Waals surface area (Å²) in [4.78, 5) is 31.8. The lowest BCUT2D eigenvalue weighted by molar-refractivity contribution is -0.158. The summed E-state index contributed by atoms with van der Waals surface area (Å²) in [6.07, 6.45) is 7.46. The molecule has 0 radical (unpaired) electrons. The third-order valence-electron chi connectivity index (χ3n) is 5.06. The second-order valence-corrected chi connectivity index (χ2v) is 7.36. The van der Waals surface area contributed by atoms with Crippen molar-refractivity contribution < 1.29 is 9.59 Å². The first-order chi connectivity index (χ1) is 10.2. The zero-order valence-electron chi connectivity index (χ0n) is 11.9. The Labute approximate surface area is 127 Å². The number of carbonyl (C=O) groups is 2. The van der Waals surface area contributed by atoms with Crippen LogP contribution < -0.4 is 5.32 Å². The highest BCUT2D eigenvalue weighted by Crippen LogP contribution is 2.43. The standard InChI is InChI=1S/C15H19N3O2S/c19-13-12(10-3-4-10)17-14(20)15(5-1-2-6-15)18(13)9-11-16-7-8-21-11/h7-8,10,12H,1-6,9H2,(H,17,20). The number of carbonyl (C=O) groups excluding carboxylic acids is 2. The lowest BCUT2D eigenvalue weighted by Gasteiger charge is -2.46. The predicted octanol–water partition coefficient (Wildman–Crippen LogP) is 1.69. The molecule has 2 heterocycles. The maximum atomic E-state index is 12.9. The van der Waals surface area contributed by atoms with E-state index >= 15 is 0 Å². The molecule has 112 valence electrons. The summed E-state index contributed by atoms with van der Waals surface area (Å²) >= 11 is 1.55. The Morgan fingerprint density at radius 2 is 2.10 bits per heavy atom. The Bertz CT molecular complexity index is 561. The molecule has 2 aliphatic carbocycles. The predicted molar refractivity (Wildman–Crippen MR) is 78.5 cm³/mol. The van der Waals surface area contributed by atoms with Crippen LogP contribution in [0.1, 0.15) is 43.5 Å². The number of amides is 2. The van der Waals surface area contributed by atoms with Gasteiger partial charge >= 0.3 is 0 Å². The molecule has 1 N–H and O–H groups in total. The van der Waals surface area contributed by atoms with Gasteiger partial charge in [0.25, 0.3) is 0 Å². The molecule has 3 fully saturated rings. The van der Waals surface area contributed by atoms with Gasteiger partial charge in [0.15, 0.2) is 0 Å². The molecule has 3 aliphatic rings. The quantitative estimate of drug-likeness (QED) is 0.924. The van der Waals surface area contributed by atoms with Crippen molar-refractivity contribution in [2.75, 3.05) is 0 Å². The monoisotopic (exact) mass is 305 g/mol. The van der Waals surface area contributed by atoms with Crippen molar-refractivity contribution in [1.29, 1.82) is 0 Å². The van der Waals surface area contributed by atoms with Crippen molar-refractivity contribution in [3.63, 3.8) is 0 Å². The van der Waals surface area contributed by atoms with E-state index in [4.69, 9.17) is 0 Å². The molecule has 1 aromatic heterocycles. The lowest BCUT2D eigenvalue weighted by atomic mass is 9.88. The zero-order chi connectivity index (χ0) is 14.4. The topological polar surface area (TPSA) is 62.3 Å². The molecule has 6 heteroatoms. The van der Waals surface area contributed by atoms with Crippen LogP contribution in [0.15, 0.2) is 11.6 Å². The third kappa shape index (κ3) is 2.08. The summed E-state index contributed by atoms with van der Waals surface area (Å²) < 4.78 is 0. The van der Waals surface area contributed by atoms with E-state index in [1.165, 1.54) is 0 Å². The molecule has 1 atom stereocenters. The molecule has 0 aromatic carbocycles. The summed E-state index contributed by atoms with van der Waals surface area (Å²) in [6, 6.07) is -0.302. The SMILES string of the molecule is O=C1C(C2CC2)NC(=O)C2(CCCC2)N1Cc1nccs1. The van der Waals surface area contributed by atoms with E-state index in [1.54, 1.807) is 17.5 Å². The van der Waals surface area contributed by atoms with Gasteiger partial charge in [-0.3, -0.25) is 9.59 Å².